The third kappa shape index (κ3) is 4.11. The van der Waals surface area contributed by atoms with Crippen molar-refractivity contribution in [3.8, 4) is 17.2 Å². The molecule has 0 atom stereocenters. The van der Waals surface area contributed by atoms with Gasteiger partial charge in [0.15, 0.2) is 12.6 Å². The van der Waals surface area contributed by atoms with Gasteiger partial charge in [0.25, 0.3) is 0 Å². The lowest BCUT2D eigenvalue weighted by molar-refractivity contribution is -0.0176. The van der Waals surface area contributed by atoms with Gasteiger partial charge in [0.05, 0.1) is 12.2 Å². The molecule has 0 amide bonds. The van der Waals surface area contributed by atoms with Gasteiger partial charge in [-0.15, -0.1) is 0 Å². The van der Waals surface area contributed by atoms with Gasteiger partial charge < -0.3 is 18.9 Å². The van der Waals surface area contributed by atoms with Gasteiger partial charge in [-0.3, -0.25) is 4.79 Å². The van der Waals surface area contributed by atoms with Crippen LogP contribution in [-0.2, 0) is 18.0 Å². The number of hydrogen-bond donors (Lipinski definition) is 0. The van der Waals surface area contributed by atoms with Crippen LogP contribution in [0.1, 0.15) is 27.0 Å². The van der Waals surface area contributed by atoms with E-state index in [0.717, 1.165) is 21.3 Å². The number of allylic oxidation sites excluding steroid dienone is 1. The second-order valence-electron chi connectivity index (χ2n) is 7.19. The highest BCUT2D eigenvalue weighted by Gasteiger charge is 2.28. The lowest BCUT2D eigenvalue weighted by atomic mass is 10.1. The number of rotatable bonds is 4. The predicted octanol–water partition coefficient (Wildman–Crippen LogP) is 6.82. The fourth-order valence-corrected chi connectivity index (χ4v) is 4.62. The summed E-state index contributed by atoms with van der Waals surface area (Å²) in [6, 6.07) is 14.2. The summed E-state index contributed by atoms with van der Waals surface area (Å²) in [7, 11) is 0. The number of hydrogen-bond acceptors (Lipinski definition) is 5. The standard InChI is InChI=1S/C24H15BrCl2O5/c25-15-6-13-10-29-12-31-24(13)14(7-15)11-30-16-4-5-17-21(8-16)32-22(23(17)28)9-18-19(26)2-1-3-20(18)27/h1-9H,10-12H2/b22-9-. The molecule has 162 valence electrons. The number of Topliss-reactive ketones (excluding diaryl/α,β-unsaturated/α-hetero) is 1. The van der Waals surface area contributed by atoms with Crippen LogP contribution < -0.4 is 14.2 Å². The minimum atomic E-state index is -0.239. The lowest BCUT2D eigenvalue weighted by Gasteiger charge is -2.21. The Kier molecular flexibility index (Phi) is 5.86. The van der Waals surface area contributed by atoms with Gasteiger partial charge in [-0.1, -0.05) is 45.2 Å². The van der Waals surface area contributed by atoms with Crippen molar-refractivity contribution in [3.05, 3.63) is 91.1 Å². The zero-order chi connectivity index (χ0) is 22.2. The fourth-order valence-electron chi connectivity index (χ4n) is 3.56. The molecule has 5 nitrogen and oxygen atoms in total. The number of halogens is 3. The number of ketones is 1. The van der Waals surface area contributed by atoms with Crippen LogP contribution in [0.15, 0.2) is 58.8 Å². The molecule has 0 saturated heterocycles. The first-order valence-electron chi connectivity index (χ1n) is 9.66. The average Bonchev–Trinajstić information content (AvgIpc) is 3.09. The SMILES string of the molecule is O=C1/C(=C/c2c(Cl)cccc2Cl)Oc2cc(OCc3cc(Br)cc4c3OCOC4)ccc21. The van der Waals surface area contributed by atoms with Crippen molar-refractivity contribution in [2.24, 2.45) is 0 Å². The molecule has 5 rings (SSSR count). The number of benzene rings is 3. The third-order valence-electron chi connectivity index (χ3n) is 5.06. The van der Waals surface area contributed by atoms with Crippen molar-refractivity contribution in [3.63, 3.8) is 0 Å². The van der Waals surface area contributed by atoms with E-state index in [1.807, 2.05) is 12.1 Å². The summed E-state index contributed by atoms with van der Waals surface area (Å²) in [5, 5.41) is 0.873. The van der Waals surface area contributed by atoms with Crippen molar-refractivity contribution in [2.75, 3.05) is 6.79 Å². The Morgan fingerprint density at radius 2 is 1.91 bits per heavy atom. The van der Waals surface area contributed by atoms with Crippen LogP contribution >= 0.6 is 39.1 Å². The van der Waals surface area contributed by atoms with E-state index in [1.54, 1.807) is 42.5 Å². The molecule has 0 radical (unpaired) electrons. The van der Waals surface area contributed by atoms with Crippen molar-refractivity contribution in [1.29, 1.82) is 0 Å². The van der Waals surface area contributed by atoms with Crippen molar-refractivity contribution in [2.45, 2.75) is 13.2 Å². The summed E-state index contributed by atoms with van der Waals surface area (Å²) in [5.41, 5.74) is 2.84. The molecule has 3 aromatic rings. The van der Waals surface area contributed by atoms with Gasteiger partial charge in [-0.2, -0.15) is 0 Å². The molecule has 0 saturated carbocycles. The maximum Gasteiger partial charge on any atom is 0.231 e. The van der Waals surface area contributed by atoms with Gasteiger partial charge in [0.1, 0.15) is 23.9 Å². The van der Waals surface area contributed by atoms with Crippen molar-refractivity contribution in [1.82, 2.24) is 0 Å². The summed E-state index contributed by atoms with van der Waals surface area (Å²) in [6.07, 6.45) is 1.56. The first-order valence-corrected chi connectivity index (χ1v) is 11.2. The van der Waals surface area contributed by atoms with Crippen LogP contribution in [0.2, 0.25) is 10.0 Å². The van der Waals surface area contributed by atoms with E-state index in [-0.39, 0.29) is 24.9 Å². The van der Waals surface area contributed by atoms with Gasteiger partial charge >= 0.3 is 0 Å². The first kappa shape index (κ1) is 21.3. The second kappa shape index (κ2) is 8.79. The van der Waals surface area contributed by atoms with Gasteiger partial charge in [0, 0.05) is 37.3 Å². The smallest absolute Gasteiger partial charge is 0.231 e. The van der Waals surface area contributed by atoms with E-state index >= 15 is 0 Å². The Hall–Kier alpha value is -2.51. The molecular weight excluding hydrogens is 519 g/mol. The maximum absolute atomic E-state index is 12.8. The summed E-state index contributed by atoms with van der Waals surface area (Å²) >= 11 is 15.9. The number of ether oxygens (including phenoxy) is 4. The highest BCUT2D eigenvalue weighted by molar-refractivity contribution is 9.10. The Bertz CT molecular complexity index is 1250. The molecular formula is C24H15BrCl2O5. The van der Waals surface area contributed by atoms with E-state index in [0.29, 0.717) is 39.3 Å². The average molecular weight is 534 g/mol. The predicted molar refractivity (Wildman–Crippen MR) is 125 cm³/mol. The number of carbonyl (C=O) groups excluding carboxylic acids is 1. The van der Waals surface area contributed by atoms with E-state index in [1.165, 1.54) is 0 Å². The molecule has 0 fully saturated rings. The first-order chi connectivity index (χ1) is 15.5. The van der Waals surface area contributed by atoms with Crippen LogP contribution in [0, 0.1) is 0 Å². The van der Waals surface area contributed by atoms with E-state index < -0.39 is 0 Å². The second-order valence-corrected chi connectivity index (χ2v) is 8.92. The van der Waals surface area contributed by atoms with Crippen LogP contribution in [0.4, 0.5) is 0 Å². The highest BCUT2D eigenvalue weighted by Crippen LogP contribution is 2.37. The molecule has 0 aromatic heterocycles. The molecule has 8 heteroatoms. The minimum absolute atomic E-state index is 0.154. The quantitative estimate of drug-likeness (QED) is 0.344. The van der Waals surface area contributed by atoms with E-state index in [4.69, 9.17) is 42.1 Å². The Morgan fingerprint density at radius 1 is 1.09 bits per heavy atom. The molecule has 0 aliphatic carbocycles. The highest BCUT2D eigenvalue weighted by atomic mass is 79.9. The largest absolute Gasteiger partial charge is 0.489 e. The van der Waals surface area contributed by atoms with E-state index in [9.17, 15) is 4.79 Å². The zero-order valence-electron chi connectivity index (χ0n) is 16.5. The molecule has 0 spiro atoms. The molecule has 0 unspecified atom stereocenters. The third-order valence-corrected chi connectivity index (χ3v) is 6.18. The Morgan fingerprint density at radius 3 is 2.72 bits per heavy atom. The number of fused-ring (bicyclic) bond motifs is 2. The lowest BCUT2D eigenvalue weighted by Crippen LogP contribution is -2.14. The van der Waals surface area contributed by atoms with Gasteiger partial charge in [-0.25, -0.2) is 0 Å². The maximum atomic E-state index is 12.8. The van der Waals surface area contributed by atoms with Crippen LogP contribution in [0.3, 0.4) is 0 Å². The molecule has 2 aliphatic heterocycles. The minimum Gasteiger partial charge on any atom is -0.489 e. The monoisotopic (exact) mass is 532 g/mol. The molecule has 2 aliphatic rings. The van der Waals surface area contributed by atoms with Crippen LogP contribution in [0.5, 0.6) is 17.2 Å². The Balaban J connectivity index is 1.37. The van der Waals surface area contributed by atoms with Crippen LogP contribution in [-0.4, -0.2) is 12.6 Å². The molecule has 32 heavy (non-hydrogen) atoms. The fraction of sp³-hybridized carbons (Fsp3) is 0.125. The summed E-state index contributed by atoms with van der Waals surface area (Å²) < 4.78 is 23.7. The summed E-state index contributed by atoms with van der Waals surface area (Å²) in [4.78, 5) is 12.8. The summed E-state index contributed by atoms with van der Waals surface area (Å²) in [5.74, 6) is 1.67. The topological polar surface area (TPSA) is 54.0 Å². The van der Waals surface area contributed by atoms with E-state index in [2.05, 4.69) is 15.9 Å². The Labute approximate surface area is 202 Å². The molecule has 2 heterocycles. The number of carbonyl (C=O) groups is 1. The van der Waals surface area contributed by atoms with Crippen molar-refractivity contribution >= 4 is 51.0 Å². The normalized spacial score (nSPS) is 15.7. The van der Waals surface area contributed by atoms with Crippen LogP contribution in [0.25, 0.3) is 6.08 Å². The summed E-state index contributed by atoms with van der Waals surface area (Å²) in [6.45, 7) is 0.981. The van der Waals surface area contributed by atoms with Gasteiger partial charge in [-0.05, 0) is 42.5 Å². The molecule has 3 aromatic carbocycles. The van der Waals surface area contributed by atoms with Gasteiger partial charge in [0.2, 0.25) is 5.78 Å². The molecule has 0 bridgehead atoms. The molecule has 0 N–H and O–H groups in total. The van der Waals surface area contributed by atoms with Crippen molar-refractivity contribution < 1.29 is 23.7 Å². The zero-order valence-corrected chi connectivity index (χ0v) is 19.6.